The van der Waals surface area contributed by atoms with Crippen molar-refractivity contribution >= 4 is 50.3 Å². The molecule has 4 nitrogen and oxygen atoms in total. The number of anilines is 2. The maximum atomic E-state index is 6.53. The second-order valence-electron chi connectivity index (χ2n) is 17.4. The second-order valence-corrected chi connectivity index (χ2v) is 17.4. The summed E-state index contributed by atoms with van der Waals surface area (Å²) in [5, 5.41) is 6.16. The third-order valence-corrected chi connectivity index (χ3v) is 13.0. The molecule has 1 aliphatic carbocycles. The van der Waals surface area contributed by atoms with E-state index in [1.54, 1.807) is 0 Å². The number of aliphatic imine (C=N–C) groups is 1. The molecule has 9 aromatic carbocycles. The van der Waals surface area contributed by atoms with Crippen LogP contribution in [0.4, 0.5) is 11.4 Å². The van der Waals surface area contributed by atoms with Crippen molar-refractivity contribution in [2.45, 2.75) is 18.9 Å². The van der Waals surface area contributed by atoms with Crippen molar-refractivity contribution in [3.05, 3.63) is 277 Å². The summed E-state index contributed by atoms with van der Waals surface area (Å²) in [5.74, 6) is 0.500. The van der Waals surface area contributed by atoms with E-state index in [9.17, 15) is 0 Å². The molecule has 1 unspecified atom stereocenters. The number of hydrogen-bond donors (Lipinski definition) is 2. The van der Waals surface area contributed by atoms with Gasteiger partial charge in [-0.3, -0.25) is 0 Å². The average Bonchev–Trinajstić information content (AvgIpc) is 3.74. The van der Waals surface area contributed by atoms with E-state index in [0.717, 1.165) is 41.0 Å². The molecule has 10 aromatic rings. The van der Waals surface area contributed by atoms with Gasteiger partial charge < -0.3 is 15.6 Å². The van der Waals surface area contributed by atoms with Gasteiger partial charge in [0.25, 0.3) is 0 Å². The van der Waals surface area contributed by atoms with Crippen LogP contribution < -0.4 is 11.1 Å². The highest BCUT2D eigenvalue weighted by molar-refractivity contribution is 6.09. The Bertz CT molecular complexity index is 3540. The van der Waals surface area contributed by atoms with Gasteiger partial charge in [-0.2, -0.15) is 0 Å². The van der Waals surface area contributed by atoms with Crippen molar-refractivity contribution in [3.8, 4) is 33.4 Å². The third-order valence-electron chi connectivity index (χ3n) is 13.0. The zero-order valence-electron chi connectivity index (χ0n) is 37.7. The molecule has 0 radical (unpaired) electrons. The minimum Gasteiger partial charge on any atom is -0.383 e. The minimum absolute atomic E-state index is 0.149. The number of nitrogens with zero attached hydrogens (tertiary/aromatic N) is 2. The summed E-state index contributed by atoms with van der Waals surface area (Å²) in [6.45, 7) is 0. The summed E-state index contributed by atoms with van der Waals surface area (Å²) in [6.07, 6.45) is 10.7. The number of nitrogens with one attached hydrogen (secondary N) is 1. The Morgan fingerprint density at radius 3 is 1.93 bits per heavy atom. The van der Waals surface area contributed by atoms with Crippen molar-refractivity contribution in [1.29, 1.82) is 0 Å². The smallest absolute Gasteiger partial charge is 0.131 e. The number of para-hydroxylation sites is 3. The lowest BCUT2D eigenvalue weighted by Gasteiger charge is -2.23. The summed E-state index contributed by atoms with van der Waals surface area (Å²) < 4.78 is 2.54. The molecule has 68 heavy (non-hydrogen) atoms. The van der Waals surface area contributed by atoms with Crippen LogP contribution in [0.15, 0.2) is 260 Å². The van der Waals surface area contributed by atoms with Gasteiger partial charge in [-0.05, 0) is 111 Å². The first kappa shape index (κ1) is 41.9. The molecule has 1 heterocycles. The van der Waals surface area contributed by atoms with Crippen LogP contribution >= 0.6 is 0 Å². The first-order valence-corrected chi connectivity index (χ1v) is 23.4. The number of hydrogen-bond acceptors (Lipinski definition) is 2. The molecule has 0 amide bonds. The summed E-state index contributed by atoms with van der Waals surface area (Å²) >= 11 is 0. The number of aromatic nitrogens is 1. The Morgan fingerprint density at radius 1 is 0.529 bits per heavy atom. The highest BCUT2D eigenvalue weighted by atomic mass is 15.0. The summed E-state index contributed by atoms with van der Waals surface area (Å²) in [5.41, 5.74) is 24.8. The van der Waals surface area contributed by atoms with Gasteiger partial charge in [-0.1, -0.05) is 206 Å². The van der Waals surface area contributed by atoms with Crippen molar-refractivity contribution in [3.63, 3.8) is 0 Å². The van der Waals surface area contributed by atoms with Gasteiger partial charge in [-0.25, -0.2) is 4.99 Å². The summed E-state index contributed by atoms with van der Waals surface area (Å²) in [4.78, 5) is 4.92. The number of nitrogens with two attached hydrogens (primary N) is 1. The molecule has 11 rings (SSSR count). The Kier molecular flexibility index (Phi) is 11.7. The fourth-order valence-corrected chi connectivity index (χ4v) is 9.61. The van der Waals surface area contributed by atoms with E-state index in [2.05, 4.69) is 210 Å². The van der Waals surface area contributed by atoms with Gasteiger partial charge >= 0.3 is 0 Å². The standard InChI is InChI=1S/C64H50N4/c65-64(47-21-6-2-7-22-47)67-60(46-19-4-1-5-20-46)38-36-45-18-14-23-48(40-45)49-24-15-25-50(41-49)52-27-17-31-56(43-52)68-62-35-13-11-33-58(62)59-44-53(37-39-63(59)68)51-26-16-28-54(42-51)57-32-10-12-34-61(57)66-55-29-8-3-9-30-55/h1-35,37-42,44,56,66H,36,43H2,(H2,65,67)/b60-38-. The van der Waals surface area contributed by atoms with E-state index in [1.807, 2.05) is 54.6 Å². The molecular formula is C64H50N4. The molecule has 0 bridgehead atoms. The molecule has 1 atom stereocenters. The molecule has 0 saturated heterocycles. The highest BCUT2D eigenvalue weighted by Gasteiger charge is 2.21. The third kappa shape index (κ3) is 8.83. The van der Waals surface area contributed by atoms with Gasteiger partial charge in [0.15, 0.2) is 0 Å². The number of allylic oxidation sites excluding steroid dienone is 5. The van der Waals surface area contributed by atoms with Crippen molar-refractivity contribution in [1.82, 2.24) is 4.57 Å². The number of benzene rings is 9. The van der Waals surface area contributed by atoms with E-state index < -0.39 is 0 Å². The van der Waals surface area contributed by atoms with E-state index >= 15 is 0 Å². The van der Waals surface area contributed by atoms with E-state index in [4.69, 9.17) is 10.7 Å². The average molecular weight is 875 g/mol. The summed E-state index contributed by atoms with van der Waals surface area (Å²) in [6, 6.07) is 81.9. The van der Waals surface area contributed by atoms with Gasteiger partial charge in [0.1, 0.15) is 5.84 Å². The van der Waals surface area contributed by atoms with Crippen LogP contribution in [0.2, 0.25) is 0 Å². The Hall–Kier alpha value is -8.73. The largest absolute Gasteiger partial charge is 0.383 e. The minimum atomic E-state index is 0.149. The Labute approximate surface area is 398 Å². The molecule has 0 fully saturated rings. The fraction of sp³-hybridized carbons (Fsp3) is 0.0469. The van der Waals surface area contributed by atoms with Crippen LogP contribution in [-0.4, -0.2) is 10.4 Å². The van der Waals surface area contributed by atoms with Gasteiger partial charge in [-0.15, -0.1) is 0 Å². The zero-order valence-corrected chi connectivity index (χ0v) is 37.7. The van der Waals surface area contributed by atoms with Gasteiger partial charge in [0, 0.05) is 44.3 Å². The normalized spacial score (nSPS) is 14.0. The van der Waals surface area contributed by atoms with E-state index in [-0.39, 0.29) is 6.04 Å². The van der Waals surface area contributed by atoms with Crippen molar-refractivity contribution in [2.75, 3.05) is 5.32 Å². The first-order chi connectivity index (χ1) is 33.6. The predicted octanol–water partition coefficient (Wildman–Crippen LogP) is 16.1. The summed E-state index contributed by atoms with van der Waals surface area (Å²) in [7, 11) is 0. The maximum Gasteiger partial charge on any atom is 0.131 e. The molecule has 1 aromatic heterocycles. The molecule has 0 saturated carbocycles. The van der Waals surface area contributed by atoms with Crippen LogP contribution in [0.25, 0.3) is 66.5 Å². The second kappa shape index (κ2) is 19.0. The number of rotatable bonds is 12. The zero-order chi connectivity index (χ0) is 45.7. The lowest BCUT2D eigenvalue weighted by molar-refractivity contribution is 0.656. The highest BCUT2D eigenvalue weighted by Crippen LogP contribution is 2.41. The van der Waals surface area contributed by atoms with Crippen LogP contribution in [0.5, 0.6) is 0 Å². The monoisotopic (exact) mass is 874 g/mol. The molecular weight excluding hydrogens is 825 g/mol. The first-order valence-electron chi connectivity index (χ1n) is 23.4. The van der Waals surface area contributed by atoms with E-state index in [1.165, 1.54) is 71.9 Å². The molecule has 326 valence electrons. The molecule has 3 N–H and O–H groups in total. The molecule has 1 aliphatic rings. The quantitative estimate of drug-likeness (QED) is 0.0949. The fourth-order valence-electron chi connectivity index (χ4n) is 9.61. The predicted molar refractivity (Wildman–Crippen MR) is 288 cm³/mol. The van der Waals surface area contributed by atoms with Gasteiger partial charge in [0.05, 0.1) is 11.7 Å². The van der Waals surface area contributed by atoms with Crippen LogP contribution in [-0.2, 0) is 6.42 Å². The van der Waals surface area contributed by atoms with Crippen molar-refractivity contribution in [2.24, 2.45) is 10.7 Å². The number of amidine groups is 1. The molecule has 0 aliphatic heterocycles. The van der Waals surface area contributed by atoms with Crippen molar-refractivity contribution < 1.29 is 0 Å². The number of fused-ring (bicyclic) bond motifs is 3. The molecule has 0 spiro atoms. The Balaban J connectivity index is 0.857. The maximum absolute atomic E-state index is 6.53. The van der Waals surface area contributed by atoms with Crippen LogP contribution in [0.3, 0.4) is 0 Å². The van der Waals surface area contributed by atoms with Gasteiger partial charge in [0.2, 0.25) is 0 Å². The van der Waals surface area contributed by atoms with E-state index in [0.29, 0.717) is 5.84 Å². The van der Waals surface area contributed by atoms with Crippen LogP contribution in [0.1, 0.15) is 34.7 Å². The SMILES string of the molecule is NC(=N/C(=C\Cc1cccc(-c2cccc(C3=CC=CC(n4c5ccccc5c5cc(-c6cccc(-c7ccccc7Nc7ccccc7)c6)ccc54)C3)c2)c1)c1ccccc1)c1ccccc1. The Morgan fingerprint density at radius 2 is 1.13 bits per heavy atom. The molecule has 4 heteroatoms. The van der Waals surface area contributed by atoms with Crippen LogP contribution in [0, 0.1) is 0 Å². The lowest BCUT2D eigenvalue weighted by atomic mass is 9.91. The lowest BCUT2D eigenvalue weighted by Crippen LogP contribution is -2.13. The topological polar surface area (TPSA) is 55.3 Å².